The molecule has 1 N–H and O–H groups in total. The summed E-state index contributed by atoms with van der Waals surface area (Å²) in [6, 6.07) is 8.99. The lowest BCUT2D eigenvalue weighted by Crippen LogP contribution is -2.15. The van der Waals surface area contributed by atoms with Gasteiger partial charge in [-0.1, -0.05) is 13.3 Å². The molecular weight excluding hydrogens is 294 g/mol. The number of nitrogens with one attached hydrogen (secondary N) is 1. The summed E-state index contributed by atoms with van der Waals surface area (Å²) in [5.41, 5.74) is 2.95. The van der Waals surface area contributed by atoms with E-state index in [9.17, 15) is 4.79 Å². The second-order valence-corrected chi connectivity index (χ2v) is 5.30. The normalized spacial score (nSPS) is 10.9. The molecule has 0 radical (unpaired) electrons. The van der Waals surface area contributed by atoms with E-state index in [4.69, 9.17) is 9.47 Å². The maximum Gasteiger partial charge on any atom is 0.272 e. The lowest BCUT2D eigenvalue weighted by atomic mass is 10.1. The van der Waals surface area contributed by atoms with Crippen LogP contribution >= 0.6 is 0 Å². The highest BCUT2D eigenvalue weighted by Crippen LogP contribution is 2.29. The van der Waals surface area contributed by atoms with Crippen molar-refractivity contribution >= 4 is 5.65 Å². The van der Waals surface area contributed by atoms with Gasteiger partial charge >= 0.3 is 0 Å². The maximum atomic E-state index is 12.2. The second kappa shape index (κ2) is 6.16. The third-order valence-corrected chi connectivity index (χ3v) is 3.67. The molecule has 0 amide bonds. The molecule has 0 aliphatic rings. The topological polar surface area (TPSA) is 68.6 Å². The van der Waals surface area contributed by atoms with E-state index >= 15 is 0 Å². The molecule has 1 aromatic carbocycles. The van der Waals surface area contributed by atoms with Crippen molar-refractivity contribution in [3.8, 4) is 22.8 Å². The molecule has 6 heteroatoms. The van der Waals surface area contributed by atoms with E-state index in [1.54, 1.807) is 26.4 Å². The summed E-state index contributed by atoms with van der Waals surface area (Å²) in [5.74, 6) is 1.37. The Kier molecular flexibility index (Phi) is 4.06. The van der Waals surface area contributed by atoms with E-state index in [0.717, 1.165) is 29.8 Å². The summed E-state index contributed by atoms with van der Waals surface area (Å²) < 4.78 is 12.0. The van der Waals surface area contributed by atoms with Crippen molar-refractivity contribution in [2.24, 2.45) is 0 Å². The monoisotopic (exact) mass is 313 g/mol. The second-order valence-electron chi connectivity index (χ2n) is 5.30. The number of rotatable bonds is 5. The third kappa shape index (κ3) is 2.92. The van der Waals surface area contributed by atoms with Gasteiger partial charge in [-0.15, -0.1) is 0 Å². The minimum absolute atomic E-state index is 0.112. The summed E-state index contributed by atoms with van der Waals surface area (Å²) >= 11 is 0. The fraction of sp³-hybridized carbons (Fsp3) is 0.294. The van der Waals surface area contributed by atoms with Gasteiger partial charge in [0.25, 0.3) is 5.56 Å². The summed E-state index contributed by atoms with van der Waals surface area (Å²) in [4.78, 5) is 16.7. The number of methoxy groups -OCH3 is 2. The van der Waals surface area contributed by atoms with Gasteiger partial charge in [0.2, 0.25) is 0 Å². The van der Waals surface area contributed by atoms with Crippen molar-refractivity contribution in [1.82, 2.24) is 14.6 Å². The number of aromatic nitrogens is 3. The van der Waals surface area contributed by atoms with Crippen molar-refractivity contribution in [1.29, 1.82) is 0 Å². The van der Waals surface area contributed by atoms with Crippen LogP contribution in [0.25, 0.3) is 16.9 Å². The first-order chi connectivity index (χ1) is 11.1. The fourth-order valence-corrected chi connectivity index (χ4v) is 2.54. The first-order valence-electron chi connectivity index (χ1n) is 7.49. The van der Waals surface area contributed by atoms with Crippen LogP contribution in [0.4, 0.5) is 0 Å². The molecule has 0 saturated heterocycles. The number of aromatic amines is 1. The zero-order valence-corrected chi connectivity index (χ0v) is 13.4. The summed E-state index contributed by atoms with van der Waals surface area (Å²) in [6.45, 7) is 2.06. The summed E-state index contributed by atoms with van der Waals surface area (Å²) in [5, 5.41) is 3.08. The summed E-state index contributed by atoms with van der Waals surface area (Å²) in [6.07, 6.45) is 1.74. The number of fused-ring (bicyclic) bond motifs is 1. The average molecular weight is 313 g/mol. The van der Waals surface area contributed by atoms with E-state index in [-0.39, 0.29) is 5.56 Å². The van der Waals surface area contributed by atoms with Crippen LogP contribution in [0.1, 0.15) is 19.0 Å². The zero-order valence-electron chi connectivity index (χ0n) is 13.4. The zero-order chi connectivity index (χ0) is 16.4. The van der Waals surface area contributed by atoms with E-state index in [1.165, 1.54) is 4.52 Å². The minimum atomic E-state index is -0.112. The number of nitrogens with zero attached hydrogens (tertiary/aromatic N) is 2. The van der Waals surface area contributed by atoms with Gasteiger partial charge < -0.3 is 9.47 Å². The van der Waals surface area contributed by atoms with Crippen LogP contribution in [0.5, 0.6) is 11.5 Å². The molecule has 120 valence electrons. The van der Waals surface area contributed by atoms with Gasteiger partial charge in [-0.2, -0.15) is 0 Å². The Labute approximate surface area is 133 Å². The Bertz CT molecular complexity index is 873. The van der Waals surface area contributed by atoms with Gasteiger partial charge in [0.15, 0.2) is 5.65 Å². The number of benzene rings is 1. The van der Waals surface area contributed by atoms with Crippen LogP contribution in [-0.4, -0.2) is 28.8 Å². The molecule has 0 saturated carbocycles. The largest absolute Gasteiger partial charge is 0.497 e. The Balaban J connectivity index is 2.13. The number of hydrogen-bond donors (Lipinski definition) is 1. The van der Waals surface area contributed by atoms with Crippen LogP contribution < -0.4 is 15.0 Å². The predicted octanol–water partition coefficient (Wildman–Crippen LogP) is 2.66. The molecule has 0 fully saturated rings. The van der Waals surface area contributed by atoms with E-state index < -0.39 is 0 Å². The van der Waals surface area contributed by atoms with E-state index in [0.29, 0.717) is 17.1 Å². The van der Waals surface area contributed by atoms with Crippen molar-refractivity contribution in [3.63, 3.8) is 0 Å². The Morgan fingerprint density at radius 2 is 1.78 bits per heavy atom. The SMILES string of the molecule is CCCc1cc(=O)n2[nH]c(-c3cc(OC)cc(OC)c3)cc2n1. The van der Waals surface area contributed by atoms with E-state index in [1.807, 2.05) is 18.2 Å². The average Bonchev–Trinajstić information content (AvgIpc) is 2.99. The van der Waals surface area contributed by atoms with Gasteiger partial charge in [-0.05, 0) is 18.6 Å². The molecular formula is C17H19N3O3. The van der Waals surface area contributed by atoms with Crippen molar-refractivity contribution < 1.29 is 9.47 Å². The lowest BCUT2D eigenvalue weighted by molar-refractivity contribution is 0.394. The van der Waals surface area contributed by atoms with Gasteiger partial charge in [-0.3, -0.25) is 9.89 Å². The molecule has 0 unspecified atom stereocenters. The van der Waals surface area contributed by atoms with Crippen LogP contribution in [-0.2, 0) is 6.42 Å². The van der Waals surface area contributed by atoms with Crippen LogP contribution in [0.2, 0.25) is 0 Å². The molecule has 3 aromatic rings. The van der Waals surface area contributed by atoms with Gasteiger partial charge in [-0.25, -0.2) is 9.50 Å². The minimum Gasteiger partial charge on any atom is -0.497 e. The van der Waals surface area contributed by atoms with Crippen molar-refractivity contribution in [3.05, 3.63) is 46.4 Å². The number of ether oxygens (including phenoxy) is 2. The number of hydrogen-bond acceptors (Lipinski definition) is 4. The smallest absolute Gasteiger partial charge is 0.272 e. The Hall–Kier alpha value is -2.76. The van der Waals surface area contributed by atoms with Crippen LogP contribution in [0.3, 0.4) is 0 Å². The Morgan fingerprint density at radius 1 is 1.09 bits per heavy atom. The van der Waals surface area contributed by atoms with Gasteiger partial charge in [0.1, 0.15) is 11.5 Å². The molecule has 3 rings (SSSR count). The van der Waals surface area contributed by atoms with E-state index in [2.05, 4.69) is 17.0 Å². The Morgan fingerprint density at radius 3 is 2.39 bits per heavy atom. The molecule has 0 bridgehead atoms. The molecule has 2 heterocycles. The van der Waals surface area contributed by atoms with Crippen LogP contribution in [0.15, 0.2) is 35.1 Å². The van der Waals surface area contributed by atoms with Crippen molar-refractivity contribution in [2.45, 2.75) is 19.8 Å². The standard InChI is InChI=1S/C17H19N3O3/c1-4-5-12-8-17(21)20-16(18-12)10-15(19-20)11-6-13(22-2)9-14(7-11)23-3/h6-10,19H,4-5H2,1-3H3. The first kappa shape index (κ1) is 15.1. The van der Waals surface area contributed by atoms with Crippen LogP contribution in [0, 0.1) is 0 Å². The molecule has 23 heavy (non-hydrogen) atoms. The molecule has 2 aromatic heterocycles. The molecule has 0 spiro atoms. The van der Waals surface area contributed by atoms with Gasteiger partial charge in [0.05, 0.1) is 19.9 Å². The highest BCUT2D eigenvalue weighted by molar-refractivity contribution is 5.67. The lowest BCUT2D eigenvalue weighted by Gasteiger charge is -2.06. The molecule has 0 aliphatic heterocycles. The van der Waals surface area contributed by atoms with Gasteiger partial charge in [0, 0.05) is 29.5 Å². The fourth-order valence-electron chi connectivity index (χ4n) is 2.54. The molecule has 0 aliphatic carbocycles. The number of aryl methyl sites for hydroxylation is 1. The molecule has 6 nitrogen and oxygen atoms in total. The third-order valence-electron chi connectivity index (χ3n) is 3.67. The summed E-state index contributed by atoms with van der Waals surface area (Å²) in [7, 11) is 3.21. The maximum absolute atomic E-state index is 12.2. The first-order valence-corrected chi connectivity index (χ1v) is 7.49. The number of H-pyrrole nitrogens is 1. The molecule has 0 atom stereocenters. The highest BCUT2D eigenvalue weighted by atomic mass is 16.5. The van der Waals surface area contributed by atoms with Crippen molar-refractivity contribution in [2.75, 3.05) is 14.2 Å². The predicted molar refractivity (Wildman–Crippen MR) is 88.3 cm³/mol. The quantitative estimate of drug-likeness (QED) is 0.786. The highest BCUT2D eigenvalue weighted by Gasteiger charge is 2.10.